The molecule has 5 heteroatoms. The first-order valence-corrected chi connectivity index (χ1v) is 10.2. The Hall–Kier alpha value is -3.73. The summed E-state index contributed by atoms with van der Waals surface area (Å²) < 4.78 is 22.6. The minimum atomic E-state index is -0.428. The first-order chi connectivity index (χ1) is 15.1. The lowest BCUT2D eigenvalue weighted by Gasteiger charge is -2.07. The van der Waals surface area contributed by atoms with Gasteiger partial charge >= 0.3 is 5.97 Å². The Morgan fingerprint density at radius 3 is 2.32 bits per heavy atom. The summed E-state index contributed by atoms with van der Waals surface area (Å²) in [6.07, 6.45) is 0. The van der Waals surface area contributed by atoms with E-state index in [4.69, 9.17) is 18.6 Å². The van der Waals surface area contributed by atoms with Crippen molar-refractivity contribution in [2.45, 2.75) is 20.5 Å². The average molecular weight is 416 g/mol. The number of hydrogen-bond donors (Lipinski definition) is 0. The normalized spacial score (nSPS) is 10.8. The molecule has 0 aliphatic rings. The van der Waals surface area contributed by atoms with E-state index in [1.54, 1.807) is 14.0 Å². The van der Waals surface area contributed by atoms with Crippen LogP contribution in [0.1, 0.15) is 28.4 Å². The molecular weight excluding hydrogens is 392 g/mol. The predicted octanol–water partition coefficient (Wildman–Crippen LogP) is 6.17. The number of carbonyl (C=O) groups is 1. The number of methoxy groups -OCH3 is 1. The summed E-state index contributed by atoms with van der Waals surface area (Å²) in [5, 5.41) is 0.658. The molecule has 0 spiro atoms. The van der Waals surface area contributed by atoms with Crippen LogP contribution in [0.2, 0.25) is 0 Å². The van der Waals surface area contributed by atoms with Gasteiger partial charge in [-0.2, -0.15) is 0 Å². The van der Waals surface area contributed by atoms with Crippen LogP contribution >= 0.6 is 0 Å². The highest BCUT2D eigenvalue weighted by molar-refractivity contribution is 6.09. The van der Waals surface area contributed by atoms with Crippen molar-refractivity contribution in [1.29, 1.82) is 0 Å². The molecule has 0 saturated carbocycles. The van der Waals surface area contributed by atoms with Crippen LogP contribution in [0.3, 0.4) is 0 Å². The second-order valence-corrected chi connectivity index (χ2v) is 7.19. The van der Waals surface area contributed by atoms with Gasteiger partial charge in [0.25, 0.3) is 0 Å². The standard InChI is InChI=1S/C26H24O5/c1-4-29-26(27)24-22-15-21(30-16-18-7-5-17(2)6-8-18)13-14-23(22)31-25(24)19-9-11-20(28-3)12-10-19/h5-15H,4,16H2,1-3H3. The number of fused-ring (bicyclic) bond motifs is 1. The fraction of sp³-hybridized carbons (Fsp3) is 0.192. The molecule has 0 atom stereocenters. The topological polar surface area (TPSA) is 57.9 Å². The number of carbonyl (C=O) groups excluding carboxylic acids is 1. The molecule has 0 aliphatic carbocycles. The highest BCUT2D eigenvalue weighted by Gasteiger charge is 2.24. The zero-order valence-corrected chi connectivity index (χ0v) is 17.8. The van der Waals surface area contributed by atoms with Crippen molar-refractivity contribution in [3.8, 4) is 22.8 Å². The van der Waals surface area contributed by atoms with Crippen LogP contribution in [0.4, 0.5) is 0 Å². The Kier molecular flexibility index (Phi) is 5.94. The summed E-state index contributed by atoms with van der Waals surface area (Å²) >= 11 is 0. The van der Waals surface area contributed by atoms with E-state index in [1.165, 1.54) is 5.56 Å². The molecule has 0 aliphatic heterocycles. The van der Waals surface area contributed by atoms with Gasteiger partial charge in [-0.15, -0.1) is 0 Å². The lowest BCUT2D eigenvalue weighted by Crippen LogP contribution is -2.05. The van der Waals surface area contributed by atoms with Crippen molar-refractivity contribution in [3.05, 3.63) is 83.4 Å². The summed E-state index contributed by atoms with van der Waals surface area (Å²) in [4.78, 5) is 12.8. The van der Waals surface area contributed by atoms with Crippen LogP contribution in [0, 0.1) is 6.92 Å². The predicted molar refractivity (Wildman–Crippen MR) is 120 cm³/mol. The molecule has 4 aromatic rings. The Morgan fingerprint density at radius 1 is 0.935 bits per heavy atom. The molecule has 4 rings (SSSR count). The van der Waals surface area contributed by atoms with Gasteiger partial charge in [-0.25, -0.2) is 4.79 Å². The van der Waals surface area contributed by atoms with E-state index in [9.17, 15) is 4.79 Å². The van der Waals surface area contributed by atoms with Gasteiger partial charge in [0.15, 0.2) is 0 Å². The maximum atomic E-state index is 12.8. The summed E-state index contributed by atoms with van der Waals surface area (Å²) in [7, 11) is 1.61. The van der Waals surface area contributed by atoms with Crippen LogP contribution in [0.15, 0.2) is 71.1 Å². The van der Waals surface area contributed by atoms with E-state index in [0.29, 0.717) is 34.6 Å². The third-order valence-electron chi connectivity index (χ3n) is 5.02. The van der Waals surface area contributed by atoms with Crippen LogP contribution in [-0.2, 0) is 11.3 Å². The van der Waals surface area contributed by atoms with Crippen LogP contribution in [0.5, 0.6) is 11.5 Å². The number of hydrogen-bond acceptors (Lipinski definition) is 5. The molecule has 0 unspecified atom stereocenters. The lowest BCUT2D eigenvalue weighted by molar-refractivity contribution is 0.0528. The molecule has 0 fully saturated rings. The zero-order valence-electron chi connectivity index (χ0n) is 17.8. The molecule has 0 bridgehead atoms. The highest BCUT2D eigenvalue weighted by atomic mass is 16.5. The fourth-order valence-corrected chi connectivity index (χ4v) is 3.37. The van der Waals surface area contributed by atoms with Gasteiger partial charge in [-0.05, 0) is 61.9 Å². The third kappa shape index (κ3) is 4.40. The summed E-state index contributed by atoms with van der Waals surface area (Å²) in [6, 6.07) is 21.0. The molecule has 0 radical (unpaired) electrons. The van der Waals surface area contributed by atoms with E-state index in [2.05, 4.69) is 19.1 Å². The molecule has 158 valence electrons. The Labute approximate surface area is 181 Å². The van der Waals surface area contributed by atoms with Gasteiger partial charge in [-0.1, -0.05) is 29.8 Å². The minimum Gasteiger partial charge on any atom is -0.497 e. The van der Waals surface area contributed by atoms with Gasteiger partial charge < -0.3 is 18.6 Å². The lowest BCUT2D eigenvalue weighted by atomic mass is 10.1. The SMILES string of the molecule is CCOC(=O)c1c(-c2ccc(OC)cc2)oc2ccc(OCc3ccc(C)cc3)cc12. The molecule has 1 heterocycles. The highest BCUT2D eigenvalue weighted by Crippen LogP contribution is 2.36. The fourth-order valence-electron chi connectivity index (χ4n) is 3.37. The summed E-state index contributed by atoms with van der Waals surface area (Å²) in [6.45, 7) is 4.54. The van der Waals surface area contributed by atoms with Gasteiger partial charge in [0.2, 0.25) is 0 Å². The number of benzene rings is 3. The number of aryl methyl sites for hydroxylation is 1. The molecule has 5 nitrogen and oxygen atoms in total. The second kappa shape index (κ2) is 8.96. The Balaban J connectivity index is 1.71. The van der Waals surface area contributed by atoms with Gasteiger partial charge in [-0.3, -0.25) is 0 Å². The largest absolute Gasteiger partial charge is 0.497 e. The van der Waals surface area contributed by atoms with Gasteiger partial charge in [0, 0.05) is 10.9 Å². The molecular formula is C26H24O5. The van der Waals surface area contributed by atoms with Crippen molar-refractivity contribution in [2.24, 2.45) is 0 Å². The minimum absolute atomic E-state index is 0.275. The smallest absolute Gasteiger partial charge is 0.342 e. The van der Waals surface area contributed by atoms with Gasteiger partial charge in [0.05, 0.1) is 13.7 Å². The van der Waals surface area contributed by atoms with Crippen LogP contribution < -0.4 is 9.47 Å². The maximum Gasteiger partial charge on any atom is 0.342 e. The quantitative estimate of drug-likeness (QED) is 0.337. The van der Waals surface area contributed by atoms with E-state index in [0.717, 1.165) is 16.9 Å². The van der Waals surface area contributed by atoms with E-state index < -0.39 is 5.97 Å². The maximum absolute atomic E-state index is 12.8. The third-order valence-corrected chi connectivity index (χ3v) is 5.02. The number of ether oxygens (including phenoxy) is 3. The molecule has 0 N–H and O–H groups in total. The molecule has 1 aromatic heterocycles. The molecule has 31 heavy (non-hydrogen) atoms. The Bertz CT molecular complexity index is 1190. The number of esters is 1. The van der Waals surface area contributed by atoms with Crippen LogP contribution in [0.25, 0.3) is 22.3 Å². The van der Waals surface area contributed by atoms with Gasteiger partial charge in [0.1, 0.15) is 35.0 Å². The zero-order chi connectivity index (χ0) is 21.8. The van der Waals surface area contributed by atoms with E-state index in [-0.39, 0.29) is 6.61 Å². The molecule has 0 amide bonds. The number of rotatable bonds is 7. The first kappa shape index (κ1) is 20.5. The molecule has 3 aromatic carbocycles. The van der Waals surface area contributed by atoms with Crippen molar-refractivity contribution in [1.82, 2.24) is 0 Å². The average Bonchev–Trinajstić information content (AvgIpc) is 3.18. The number of furan rings is 1. The molecule has 0 saturated heterocycles. The van der Waals surface area contributed by atoms with Crippen molar-refractivity contribution >= 4 is 16.9 Å². The summed E-state index contributed by atoms with van der Waals surface area (Å²) in [5.74, 6) is 1.42. The van der Waals surface area contributed by atoms with E-state index in [1.807, 2.05) is 54.6 Å². The van der Waals surface area contributed by atoms with Crippen LogP contribution in [-0.4, -0.2) is 19.7 Å². The van der Waals surface area contributed by atoms with E-state index >= 15 is 0 Å². The monoisotopic (exact) mass is 416 g/mol. The van der Waals surface area contributed by atoms with Crippen molar-refractivity contribution < 1.29 is 23.4 Å². The second-order valence-electron chi connectivity index (χ2n) is 7.19. The summed E-state index contributed by atoms with van der Waals surface area (Å²) in [5.41, 5.74) is 4.03. The first-order valence-electron chi connectivity index (χ1n) is 10.2. The van der Waals surface area contributed by atoms with Crippen molar-refractivity contribution in [3.63, 3.8) is 0 Å². The van der Waals surface area contributed by atoms with Crippen molar-refractivity contribution in [2.75, 3.05) is 13.7 Å². The Morgan fingerprint density at radius 2 is 1.65 bits per heavy atom.